The molecule has 0 bridgehead atoms. The Morgan fingerprint density at radius 1 is 1.16 bits per heavy atom. The molecule has 0 spiro atoms. The van der Waals surface area contributed by atoms with Crippen LogP contribution in [0.25, 0.3) is 0 Å². The second-order valence-corrected chi connectivity index (χ2v) is 4.87. The van der Waals surface area contributed by atoms with Crippen LogP contribution in [0.3, 0.4) is 0 Å². The molecule has 6 nitrogen and oxygen atoms in total. The van der Waals surface area contributed by atoms with Crippen molar-refractivity contribution < 1.29 is 24.2 Å². The third-order valence-electron chi connectivity index (χ3n) is 3.65. The van der Waals surface area contributed by atoms with E-state index in [4.69, 9.17) is 9.47 Å². The Hall–Kier alpha value is -1.14. The number of amides is 1. The first-order chi connectivity index (χ1) is 9.08. The summed E-state index contributed by atoms with van der Waals surface area (Å²) < 4.78 is 9.95. The van der Waals surface area contributed by atoms with Crippen LogP contribution in [0.2, 0.25) is 0 Å². The minimum Gasteiger partial charge on any atom is -0.480 e. The third-order valence-corrected chi connectivity index (χ3v) is 3.65. The minimum atomic E-state index is -1.19. The molecule has 0 aromatic heterocycles. The summed E-state index contributed by atoms with van der Waals surface area (Å²) in [4.78, 5) is 25.4. The number of rotatable bonds is 9. The van der Waals surface area contributed by atoms with E-state index in [1.807, 2.05) is 0 Å². The van der Waals surface area contributed by atoms with Gasteiger partial charge in [-0.2, -0.15) is 0 Å². The Labute approximate surface area is 113 Å². The topological polar surface area (TPSA) is 76.1 Å². The van der Waals surface area contributed by atoms with Crippen LogP contribution in [0.5, 0.6) is 0 Å². The van der Waals surface area contributed by atoms with Gasteiger partial charge in [-0.25, -0.2) is 0 Å². The predicted octanol–water partition coefficient (Wildman–Crippen LogP) is 0.753. The molecule has 0 unspecified atom stereocenters. The third kappa shape index (κ3) is 3.67. The quantitative estimate of drug-likeness (QED) is 0.495. The van der Waals surface area contributed by atoms with Gasteiger partial charge in [0.2, 0.25) is 5.91 Å². The van der Waals surface area contributed by atoms with E-state index in [2.05, 4.69) is 0 Å². The monoisotopic (exact) mass is 273 g/mol. The van der Waals surface area contributed by atoms with Crippen molar-refractivity contribution >= 4 is 11.9 Å². The molecule has 1 aliphatic rings. The van der Waals surface area contributed by atoms with Crippen molar-refractivity contribution in [1.82, 2.24) is 4.90 Å². The standard InChI is InChI=1S/C13H23NO5/c1-18-9-4-7-14(8-10-19-2)11(15)13(12(16)17)5-3-6-13/h3-10H2,1-2H3,(H,16,17). The van der Waals surface area contributed by atoms with Gasteiger partial charge in [-0.3, -0.25) is 9.59 Å². The highest BCUT2D eigenvalue weighted by Gasteiger charge is 2.52. The Bertz CT molecular complexity index is 314. The Morgan fingerprint density at radius 3 is 2.21 bits per heavy atom. The molecule has 1 amide bonds. The van der Waals surface area contributed by atoms with E-state index in [0.717, 1.165) is 6.42 Å². The van der Waals surface area contributed by atoms with E-state index in [1.54, 1.807) is 19.1 Å². The first-order valence-electron chi connectivity index (χ1n) is 6.59. The second-order valence-electron chi connectivity index (χ2n) is 4.87. The van der Waals surface area contributed by atoms with Gasteiger partial charge < -0.3 is 19.5 Å². The van der Waals surface area contributed by atoms with Crippen molar-refractivity contribution in [1.29, 1.82) is 0 Å². The lowest BCUT2D eigenvalue weighted by Gasteiger charge is -2.40. The van der Waals surface area contributed by atoms with Crippen LogP contribution < -0.4 is 0 Å². The molecule has 0 saturated heterocycles. The molecule has 1 saturated carbocycles. The van der Waals surface area contributed by atoms with Gasteiger partial charge in [0, 0.05) is 33.9 Å². The van der Waals surface area contributed by atoms with Crippen LogP contribution in [0.4, 0.5) is 0 Å². The van der Waals surface area contributed by atoms with Crippen LogP contribution in [0.1, 0.15) is 25.7 Å². The van der Waals surface area contributed by atoms with Crippen molar-refractivity contribution in [3.8, 4) is 0 Å². The molecule has 1 rings (SSSR count). The summed E-state index contributed by atoms with van der Waals surface area (Å²) >= 11 is 0. The molecular formula is C13H23NO5. The second kappa shape index (κ2) is 7.45. The number of nitrogens with zero attached hydrogens (tertiary/aromatic N) is 1. The lowest BCUT2D eigenvalue weighted by molar-refractivity contribution is -0.167. The summed E-state index contributed by atoms with van der Waals surface area (Å²) in [5.41, 5.74) is -1.19. The highest BCUT2D eigenvalue weighted by Crippen LogP contribution is 2.42. The fraction of sp³-hybridized carbons (Fsp3) is 0.846. The Balaban J connectivity index is 2.66. The maximum atomic E-state index is 12.4. The molecule has 0 radical (unpaired) electrons. The molecule has 1 N–H and O–H groups in total. The maximum absolute atomic E-state index is 12.4. The molecule has 0 aromatic rings. The summed E-state index contributed by atoms with van der Waals surface area (Å²) in [5, 5.41) is 9.30. The first-order valence-corrected chi connectivity index (χ1v) is 6.59. The lowest BCUT2D eigenvalue weighted by Crippen LogP contribution is -2.53. The average molecular weight is 273 g/mol. The molecule has 110 valence electrons. The summed E-state index contributed by atoms with van der Waals surface area (Å²) in [6.07, 6.45) is 2.37. The number of aliphatic carboxylic acids is 1. The summed E-state index contributed by atoms with van der Waals surface area (Å²) in [6.45, 7) is 1.89. The first kappa shape index (κ1) is 15.9. The molecular weight excluding hydrogens is 250 g/mol. The van der Waals surface area contributed by atoms with E-state index in [0.29, 0.717) is 45.6 Å². The zero-order valence-electron chi connectivity index (χ0n) is 11.7. The van der Waals surface area contributed by atoms with Crippen LogP contribution in [-0.2, 0) is 19.1 Å². The van der Waals surface area contributed by atoms with Crippen LogP contribution in [0.15, 0.2) is 0 Å². The van der Waals surface area contributed by atoms with Crippen molar-refractivity contribution in [2.75, 3.05) is 40.5 Å². The largest absolute Gasteiger partial charge is 0.480 e. The molecule has 19 heavy (non-hydrogen) atoms. The van der Waals surface area contributed by atoms with Crippen molar-refractivity contribution in [2.45, 2.75) is 25.7 Å². The van der Waals surface area contributed by atoms with E-state index in [9.17, 15) is 14.7 Å². The van der Waals surface area contributed by atoms with Crippen LogP contribution in [0, 0.1) is 5.41 Å². The molecule has 6 heteroatoms. The number of methoxy groups -OCH3 is 2. The molecule has 0 heterocycles. The number of carbonyl (C=O) groups is 2. The molecule has 1 aliphatic carbocycles. The Kier molecular flexibility index (Phi) is 6.24. The molecule has 0 aliphatic heterocycles. The van der Waals surface area contributed by atoms with Gasteiger partial charge in [0.05, 0.1) is 6.61 Å². The zero-order valence-corrected chi connectivity index (χ0v) is 11.7. The van der Waals surface area contributed by atoms with Crippen molar-refractivity contribution in [3.05, 3.63) is 0 Å². The smallest absolute Gasteiger partial charge is 0.319 e. The van der Waals surface area contributed by atoms with Gasteiger partial charge in [-0.15, -0.1) is 0 Å². The fourth-order valence-corrected chi connectivity index (χ4v) is 2.27. The summed E-state index contributed by atoms with van der Waals surface area (Å²) in [6, 6.07) is 0. The number of ether oxygens (including phenoxy) is 2. The maximum Gasteiger partial charge on any atom is 0.319 e. The highest BCUT2D eigenvalue weighted by molar-refractivity contribution is 6.02. The zero-order chi connectivity index (χ0) is 14.3. The number of carboxylic acids is 1. The SMILES string of the molecule is COCCCN(CCOC)C(=O)C1(C(=O)O)CCC1. The number of hydrogen-bond donors (Lipinski definition) is 1. The van der Waals surface area contributed by atoms with E-state index in [-0.39, 0.29) is 5.91 Å². The van der Waals surface area contributed by atoms with E-state index < -0.39 is 11.4 Å². The average Bonchev–Trinajstić information content (AvgIpc) is 2.31. The summed E-state index contributed by atoms with van der Waals surface area (Å²) in [7, 11) is 3.17. The van der Waals surface area contributed by atoms with Gasteiger partial charge >= 0.3 is 5.97 Å². The number of carbonyl (C=O) groups excluding carboxylic acids is 1. The van der Waals surface area contributed by atoms with Gasteiger partial charge in [0.25, 0.3) is 0 Å². The molecule has 0 atom stereocenters. The number of hydrogen-bond acceptors (Lipinski definition) is 4. The van der Waals surface area contributed by atoms with Gasteiger partial charge in [-0.05, 0) is 19.3 Å². The molecule has 0 aromatic carbocycles. The summed E-state index contributed by atoms with van der Waals surface area (Å²) in [5.74, 6) is -1.28. The minimum absolute atomic E-state index is 0.278. The number of carboxylic acid groups (broad SMARTS) is 1. The van der Waals surface area contributed by atoms with Gasteiger partial charge in [0.15, 0.2) is 0 Å². The lowest BCUT2D eigenvalue weighted by atomic mass is 9.67. The van der Waals surface area contributed by atoms with Crippen LogP contribution in [-0.4, -0.2) is 62.4 Å². The normalized spacial score (nSPS) is 16.7. The molecule has 1 fully saturated rings. The highest BCUT2D eigenvalue weighted by atomic mass is 16.5. The van der Waals surface area contributed by atoms with Crippen molar-refractivity contribution in [2.24, 2.45) is 5.41 Å². The van der Waals surface area contributed by atoms with Gasteiger partial charge in [0.1, 0.15) is 5.41 Å². The fourth-order valence-electron chi connectivity index (χ4n) is 2.27. The van der Waals surface area contributed by atoms with Gasteiger partial charge in [-0.1, -0.05) is 6.42 Å². The predicted molar refractivity (Wildman–Crippen MR) is 68.9 cm³/mol. The van der Waals surface area contributed by atoms with Crippen LogP contribution >= 0.6 is 0 Å². The van der Waals surface area contributed by atoms with E-state index in [1.165, 1.54) is 0 Å². The van der Waals surface area contributed by atoms with E-state index >= 15 is 0 Å². The Morgan fingerprint density at radius 2 is 1.79 bits per heavy atom. The van der Waals surface area contributed by atoms with Crippen molar-refractivity contribution in [3.63, 3.8) is 0 Å².